The van der Waals surface area contributed by atoms with Gasteiger partial charge in [0.2, 0.25) is 11.8 Å². The highest BCUT2D eigenvalue weighted by Gasteiger charge is 2.57. The number of hydrogen-bond acceptors (Lipinski definition) is 4. The molecule has 210 valence electrons. The lowest BCUT2D eigenvalue weighted by atomic mass is 9.59. The first-order valence-electron chi connectivity index (χ1n) is 12.1. The summed E-state index contributed by atoms with van der Waals surface area (Å²) in [4.78, 5) is 38.1. The van der Waals surface area contributed by atoms with Gasteiger partial charge >= 0.3 is 6.03 Å². The van der Waals surface area contributed by atoms with Gasteiger partial charge in [-0.25, -0.2) is 13.6 Å². The van der Waals surface area contributed by atoms with Crippen molar-refractivity contribution in [1.82, 2.24) is 10.6 Å². The molecule has 0 fully saturated rings. The molecular weight excluding hydrogens is 539 g/mol. The number of halogens is 4. The van der Waals surface area contributed by atoms with Gasteiger partial charge in [0.1, 0.15) is 12.1 Å². The van der Waals surface area contributed by atoms with Gasteiger partial charge in [-0.3, -0.25) is 9.59 Å². The molecule has 0 saturated carbocycles. The number of rotatable bonds is 12. The standard InChI is InChI=1S/C26H35Cl2F2N5O3/c1-5-14(10-15(27)13-29)20(21(31)22(36)33-8-9-34-24(32)38)26(7-6-25(2,3)4)16-11-18(30)17(28)12-19(16)35-23(26)37/h5,11-14,20-21H,1,6-10,31H2,2-4H3,(H,33,36)(H,35,37)(H3,32,34,38)/b15-13-/t14?,20-,21+,26+/m0/s1. The molecule has 4 atom stereocenters. The number of allylic oxidation sites excluding steroid dienone is 2. The average Bonchev–Trinajstić information content (AvgIpc) is 3.09. The van der Waals surface area contributed by atoms with Crippen LogP contribution in [0, 0.1) is 23.1 Å². The molecule has 7 N–H and O–H groups in total. The van der Waals surface area contributed by atoms with Gasteiger partial charge in [-0.1, -0.05) is 50.0 Å². The molecule has 0 saturated heterocycles. The van der Waals surface area contributed by atoms with Gasteiger partial charge in [-0.15, -0.1) is 6.58 Å². The maximum Gasteiger partial charge on any atom is 0.312 e. The fraction of sp³-hybridized carbons (Fsp3) is 0.500. The Bertz CT molecular complexity index is 1110. The molecule has 12 heteroatoms. The average molecular weight is 575 g/mol. The van der Waals surface area contributed by atoms with Crippen LogP contribution in [0.1, 0.15) is 45.6 Å². The van der Waals surface area contributed by atoms with E-state index in [4.69, 9.17) is 34.7 Å². The van der Waals surface area contributed by atoms with Crippen LogP contribution >= 0.6 is 23.2 Å². The summed E-state index contributed by atoms with van der Waals surface area (Å²) in [7, 11) is 0. The topological polar surface area (TPSA) is 139 Å². The van der Waals surface area contributed by atoms with Crippen LogP contribution in [0.2, 0.25) is 5.02 Å². The molecule has 38 heavy (non-hydrogen) atoms. The number of amides is 4. The molecule has 1 heterocycles. The predicted octanol–water partition coefficient (Wildman–Crippen LogP) is 4.47. The first-order valence-corrected chi connectivity index (χ1v) is 12.9. The van der Waals surface area contributed by atoms with Gasteiger partial charge in [-0.05, 0) is 48.3 Å². The molecule has 1 unspecified atom stereocenters. The van der Waals surface area contributed by atoms with Crippen molar-refractivity contribution in [3.63, 3.8) is 0 Å². The number of carbonyl (C=O) groups is 3. The minimum absolute atomic E-state index is 0.00803. The minimum atomic E-state index is -1.51. The summed E-state index contributed by atoms with van der Waals surface area (Å²) < 4.78 is 28.2. The third kappa shape index (κ3) is 7.24. The summed E-state index contributed by atoms with van der Waals surface area (Å²) >= 11 is 12.1. The molecule has 1 aromatic rings. The number of fused-ring (bicyclic) bond motifs is 1. The van der Waals surface area contributed by atoms with Crippen molar-refractivity contribution in [2.75, 3.05) is 18.4 Å². The summed E-state index contributed by atoms with van der Waals surface area (Å²) in [5, 5.41) is 7.41. The number of urea groups is 1. The number of benzene rings is 1. The van der Waals surface area contributed by atoms with E-state index >= 15 is 0 Å². The Kier molecular flexibility index (Phi) is 10.7. The maximum absolute atomic E-state index is 14.8. The molecule has 0 aliphatic carbocycles. The summed E-state index contributed by atoms with van der Waals surface area (Å²) in [5.41, 5.74) is 10.4. The lowest BCUT2D eigenvalue weighted by Gasteiger charge is -2.43. The van der Waals surface area contributed by atoms with Crippen molar-refractivity contribution < 1.29 is 23.2 Å². The molecular formula is C26H35Cl2F2N5O3. The van der Waals surface area contributed by atoms with E-state index in [0.717, 1.165) is 0 Å². The molecule has 0 radical (unpaired) electrons. The lowest BCUT2D eigenvalue weighted by molar-refractivity contribution is -0.129. The van der Waals surface area contributed by atoms with E-state index in [9.17, 15) is 23.2 Å². The highest BCUT2D eigenvalue weighted by Crippen LogP contribution is 2.53. The fourth-order valence-corrected chi connectivity index (χ4v) is 5.25. The molecule has 0 bridgehead atoms. The van der Waals surface area contributed by atoms with E-state index in [-0.39, 0.29) is 47.7 Å². The maximum atomic E-state index is 14.8. The van der Waals surface area contributed by atoms with Crippen LogP contribution in [-0.2, 0) is 15.0 Å². The van der Waals surface area contributed by atoms with Crippen LogP contribution in [0.25, 0.3) is 0 Å². The van der Waals surface area contributed by atoms with Gasteiger partial charge in [0.15, 0.2) is 0 Å². The van der Waals surface area contributed by atoms with E-state index < -0.39 is 47.0 Å². The number of hydrogen-bond donors (Lipinski definition) is 5. The highest BCUT2D eigenvalue weighted by atomic mass is 35.5. The molecule has 1 aliphatic heterocycles. The second kappa shape index (κ2) is 12.9. The Hall–Kier alpha value is -2.69. The lowest BCUT2D eigenvalue weighted by Crippen LogP contribution is -2.58. The zero-order chi connectivity index (χ0) is 28.8. The second-order valence-electron chi connectivity index (χ2n) is 10.6. The normalized spacial score (nSPS) is 19.7. The number of carbonyl (C=O) groups excluding carboxylic acids is 3. The Labute approximate surface area is 231 Å². The van der Waals surface area contributed by atoms with Crippen molar-refractivity contribution in [1.29, 1.82) is 0 Å². The van der Waals surface area contributed by atoms with Crippen LogP contribution in [-0.4, -0.2) is 37.0 Å². The van der Waals surface area contributed by atoms with E-state index in [1.807, 2.05) is 20.8 Å². The molecule has 1 aromatic carbocycles. The molecule has 8 nitrogen and oxygen atoms in total. The van der Waals surface area contributed by atoms with Gasteiger partial charge in [0.25, 0.3) is 0 Å². The number of primary amides is 1. The number of nitrogens with one attached hydrogen (secondary N) is 3. The number of nitrogens with two attached hydrogens (primary N) is 2. The monoisotopic (exact) mass is 573 g/mol. The van der Waals surface area contributed by atoms with E-state index in [2.05, 4.69) is 22.5 Å². The van der Waals surface area contributed by atoms with Crippen LogP contribution < -0.4 is 27.4 Å². The molecule has 1 aliphatic rings. The first kappa shape index (κ1) is 31.5. The van der Waals surface area contributed by atoms with Gasteiger partial charge in [0, 0.05) is 29.7 Å². The van der Waals surface area contributed by atoms with Gasteiger partial charge < -0.3 is 27.4 Å². The van der Waals surface area contributed by atoms with Crippen LogP contribution in [0.4, 0.5) is 19.3 Å². The molecule has 4 amide bonds. The van der Waals surface area contributed by atoms with E-state index in [1.54, 1.807) is 0 Å². The predicted molar refractivity (Wildman–Crippen MR) is 146 cm³/mol. The van der Waals surface area contributed by atoms with Crippen molar-refractivity contribution >= 4 is 46.7 Å². The Morgan fingerprint density at radius 3 is 2.45 bits per heavy atom. The van der Waals surface area contributed by atoms with Crippen LogP contribution in [0.5, 0.6) is 0 Å². The Morgan fingerprint density at radius 1 is 1.26 bits per heavy atom. The van der Waals surface area contributed by atoms with Gasteiger partial charge in [0.05, 0.1) is 16.5 Å². The van der Waals surface area contributed by atoms with Crippen molar-refractivity contribution in [2.24, 2.45) is 28.7 Å². The summed E-state index contributed by atoms with van der Waals surface area (Å²) in [6.07, 6.45) is 2.27. The molecule has 0 aromatic heterocycles. The SMILES string of the molecule is C=CC(C/C(Cl)=C/F)[C@@H]([C@@H](N)C(=O)NCCNC(N)=O)[C@]1(CCC(C)(C)C)C(=O)Nc2cc(Cl)c(F)cc21. The third-order valence-corrected chi connectivity index (χ3v) is 7.29. The molecule has 0 spiro atoms. The van der Waals surface area contributed by atoms with Gasteiger partial charge in [-0.2, -0.15) is 0 Å². The third-order valence-electron chi connectivity index (χ3n) is 6.76. The van der Waals surface area contributed by atoms with Crippen LogP contribution in [0.3, 0.4) is 0 Å². The quantitative estimate of drug-likeness (QED) is 0.186. The minimum Gasteiger partial charge on any atom is -0.353 e. The largest absolute Gasteiger partial charge is 0.353 e. The smallest absolute Gasteiger partial charge is 0.312 e. The summed E-state index contributed by atoms with van der Waals surface area (Å²) in [5.74, 6) is -3.67. The zero-order valence-corrected chi connectivity index (χ0v) is 23.2. The van der Waals surface area contributed by atoms with E-state index in [0.29, 0.717) is 17.7 Å². The number of anilines is 1. The zero-order valence-electron chi connectivity index (χ0n) is 21.7. The second-order valence-corrected chi connectivity index (χ2v) is 11.5. The Morgan fingerprint density at radius 2 is 1.89 bits per heavy atom. The molecule has 2 rings (SSSR count). The fourth-order valence-electron chi connectivity index (χ4n) is 4.91. The van der Waals surface area contributed by atoms with Crippen molar-refractivity contribution in [3.8, 4) is 0 Å². The summed E-state index contributed by atoms with van der Waals surface area (Å²) in [6, 6.07) is 0.394. The van der Waals surface area contributed by atoms with E-state index in [1.165, 1.54) is 18.2 Å². The highest BCUT2D eigenvalue weighted by molar-refractivity contribution is 6.31. The van der Waals surface area contributed by atoms with Crippen molar-refractivity contribution in [3.05, 3.63) is 52.6 Å². The van der Waals surface area contributed by atoms with Crippen molar-refractivity contribution in [2.45, 2.75) is 51.5 Å². The summed E-state index contributed by atoms with van der Waals surface area (Å²) in [6.45, 7) is 9.85. The van der Waals surface area contributed by atoms with Crippen LogP contribution in [0.15, 0.2) is 36.1 Å². The first-order chi connectivity index (χ1) is 17.7. The Balaban J connectivity index is 2.71.